The highest BCUT2D eigenvalue weighted by Crippen LogP contribution is 2.34. The van der Waals surface area contributed by atoms with Gasteiger partial charge in [-0.2, -0.15) is 11.8 Å². The normalized spacial score (nSPS) is 35.4. The van der Waals surface area contributed by atoms with Crippen molar-refractivity contribution in [2.24, 2.45) is 11.8 Å². The molecule has 116 valence electrons. The highest BCUT2D eigenvalue weighted by atomic mass is 32.2. The monoisotopic (exact) mass is 298 g/mol. The molecule has 0 bridgehead atoms. The molecular formula is C16H30N2OS. The Bertz CT molecular complexity index is 337. The highest BCUT2D eigenvalue weighted by molar-refractivity contribution is 7.99. The number of rotatable bonds is 4. The second-order valence-corrected chi connectivity index (χ2v) is 8.13. The van der Waals surface area contributed by atoms with Crippen LogP contribution < -0.4 is 5.32 Å². The van der Waals surface area contributed by atoms with Crippen molar-refractivity contribution in [3.8, 4) is 0 Å². The lowest BCUT2D eigenvalue weighted by Crippen LogP contribution is -2.48. The molecule has 4 heteroatoms. The molecule has 1 heterocycles. The number of amides is 1. The van der Waals surface area contributed by atoms with Gasteiger partial charge in [0, 0.05) is 11.3 Å². The van der Waals surface area contributed by atoms with E-state index in [1.165, 1.54) is 25.7 Å². The number of carbonyl (C=O) groups excluding carboxylic acids is 1. The van der Waals surface area contributed by atoms with Crippen LogP contribution in [0.3, 0.4) is 0 Å². The number of nitrogens with one attached hydrogen (secondary N) is 1. The van der Waals surface area contributed by atoms with Crippen LogP contribution in [-0.4, -0.2) is 40.6 Å². The molecule has 0 aromatic carbocycles. The molecule has 2 fully saturated rings. The Kier molecular flexibility index (Phi) is 5.41. The fourth-order valence-electron chi connectivity index (χ4n) is 3.59. The fraction of sp³-hybridized carbons (Fsp3) is 0.938. The van der Waals surface area contributed by atoms with E-state index >= 15 is 0 Å². The van der Waals surface area contributed by atoms with E-state index in [-0.39, 0.29) is 12.2 Å². The lowest BCUT2D eigenvalue weighted by molar-refractivity contribution is -0.134. The third-order valence-electron chi connectivity index (χ3n) is 4.84. The van der Waals surface area contributed by atoms with Crippen LogP contribution in [0.4, 0.5) is 0 Å². The summed E-state index contributed by atoms with van der Waals surface area (Å²) in [7, 11) is 0. The Morgan fingerprint density at radius 3 is 2.15 bits per heavy atom. The molecular weight excluding hydrogens is 268 g/mol. The summed E-state index contributed by atoms with van der Waals surface area (Å²) in [6.07, 6.45) is 7.30. The number of hydrogen-bond acceptors (Lipinski definition) is 3. The largest absolute Gasteiger partial charge is 0.323 e. The number of carbonyl (C=O) groups is 1. The molecule has 3 nitrogen and oxygen atoms in total. The molecule has 2 rings (SSSR count). The molecule has 2 aliphatic rings. The average molecular weight is 298 g/mol. The van der Waals surface area contributed by atoms with Crippen LogP contribution in [0.15, 0.2) is 0 Å². The van der Waals surface area contributed by atoms with E-state index in [2.05, 4.69) is 44.2 Å². The summed E-state index contributed by atoms with van der Waals surface area (Å²) in [5.74, 6) is 1.18. The van der Waals surface area contributed by atoms with Gasteiger partial charge >= 0.3 is 0 Å². The summed E-state index contributed by atoms with van der Waals surface area (Å²) in [4.78, 5) is 15.0. The molecule has 1 N–H and O–H groups in total. The van der Waals surface area contributed by atoms with Crippen molar-refractivity contribution in [2.45, 2.75) is 76.9 Å². The smallest absolute Gasteiger partial charge is 0.241 e. The maximum absolute atomic E-state index is 12.8. The van der Waals surface area contributed by atoms with E-state index in [9.17, 15) is 4.79 Å². The Hall–Kier alpha value is -0.220. The molecule has 1 saturated heterocycles. The van der Waals surface area contributed by atoms with Crippen molar-refractivity contribution in [3.05, 3.63) is 0 Å². The Labute approximate surface area is 128 Å². The fourth-order valence-corrected chi connectivity index (χ4v) is 4.33. The van der Waals surface area contributed by atoms with Crippen LogP contribution >= 0.6 is 11.8 Å². The molecule has 1 aliphatic carbocycles. The van der Waals surface area contributed by atoms with Gasteiger partial charge in [0.1, 0.15) is 0 Å². The SMILES string of the molecule is CSC1CCC(N2C(=O)C(C(C)C)NC2C(C)C)CC1. The van der Waals surface area contributed by atoms with Crippen molar-refractivity contribution in [1.29, 1.82) is 0 Å². The predicted molar refractivity (Wildman–Crippen MR) is 86.8 cm³/mol. The first-order valence-corrected chi connectivity index (χ1v) is 9.35. The van der Waals surface area contributed by atoms with Crippen molar-refractivity contribution in [1.82, 2.24) is 10.2 Å². The predicted octanol–water partition coefficient (Wildman–Crippen LogP) is 3.10. The van der Waals surface area contributed by atoms with E-state index in [0.717, 1.165) is 5.25 Å². The minimum atomic E-state index is 0.0145. The van der Waals surface area contributed by atoms with Gasteiger partial charge < -0.3 is 4.90 Å². The quantitative estimate of drug-likeness (QED) is 0.865. The molecule has 0 radical (unpaired) electrons. The van der Waals surface area contributed by atoms with Crippen LogP contribution in [-0.2, 0) is 4.79 Å². The van der Waals surface area contributed by atoms with E-state index in [4.69, 9.17) is 0 Å². The third-order valence-corrected chi connectivity index (χ3v) is 5.98. The van der Waals surface area contributed by atoms with E-state index in [0.29, 0.717) is 23.8 Å². The Morgan fingerprint density at radius 1 is 1.10 bits per heavy atom. The first-order valence-electron chi connectivity index (χ1n) is 8.06. The third kappa shape index (κ3) is 3.16. The standard InChI is InChI=1S/C16H30N2OS/c1-10(2)14-16(19)18(15(17-14)11(3)4)12-6-8-13(20-5)9-7-12/h10-15,17H,6-9H2,1-5H3. The van der Waals surface area contributed by atoms with Gasteiger partial charge in [-0.05, 0) is 43.8 Å². The first-order chi connectivity index (χ1) is 9.45. The lowest BCUT2D eigenvalue weighted by atomic mass is 9.92. The zero-order valence-corrected chi connectivity index (χ0v) is 14.4. The Morgan fingerprint density at radius 2 is 1.70 bits per heavy atom. The van der Waals surface area contributed by atoms with Gasteiger partial charge in [0.05, 0.1) is 12.2 Å². The van der Waals surface area contributed by atoms with Gasteiger partial charge in [-0.1, -0.05) is 27.7 Å². The summed E-state index contributed by atoms with van der Waals surface area (Å²) in [6, 6.07) is 0.468. The number of thioether (sulfide) groups is 1. The van der Waals surface area contributed by atoms with Gasteiger partial charge in [-0.15, -0.1) is 0 Å². The van der Waals surface area contributed by atoms with Gasteiger partial charge in [-0.3, -0.25) is 10.1 Å². The van der Waals surface area contributed by atoms with Crippen LogP contribution in [0.5, 0.6) is 0 Å². The highest BCUT2D eigenvalue weighted by Gasteiger charge is 2.45. The molecule has 2 unspecified atom stereocenters. The lowest BCUT2D eigenvalue weighted by Gasteiger charge is -2.38. The molecule has 0 aromatic rings. The van der Waals surface area contributed by atoms with Gasteiger partial charge in [0.25, 0.3) is 0 Å². The maximum Gasteiger partial charge on any atom is 0.241 e. The summed E-state index contributed by atoms with van der Waals surface area (Å²) in [5.41, 5.74) is 0. The second kappa shape index (κ2) is 6.69. The van der Waals surface area contributed by atoms with Crippen LogP contribution in [0.2, 0.25) is 0 Å². The Balaban J connectivity index is 2.09. The average Bonchev–Trinajstić information content (AvgIpc) is 2.77. The van der Waals surface area contributed by atoms with Crippen molar-refractivity contribution < 1.29 is 4.79 Å². The van der Waals surface area contributed by atoms with Crippen molar-refractivity contribution in [2.75, 3.05) is 6.26 Å². The van der Waals surface area contributed by atoms with Crippen LogP contribution in [0, 0.1) is 11.8 Å². The summed E-state index contributed by atoms with van der Waals surface area (Å²) >= 11 is 1.98. The minimum Gasteiger partial charge on any atom is -0.323 e. The molecule has 1 amide bonds. The molecule has 0 spiro atoms. The second-order valence-electron chi connectivity index (χ2n) is 6.99. The summed E-state index contributed by atoms with van der Waals surface area (Å²) in [5, 5.41) is 4.38. The number of nitrogens with zero attached hydrogens (tertiary/aromatic N) is 1. The van der Waals surface area contributed by atoms with Gasteiger partial charge in [0.15, 0.2) is 0 Å². The summed E-state index contributed by atoms with van der Waals surface area (Å²) < 4.78 is 0. The molecule has 2 atom stereocenters. The minimum absolute atomic E-state index is 0.0145. The molecule has 0 aromatic heterocycles. The van der Waals surface area contributed by atoms with Crippen LogP contribution in [0.25, 0.3) is 0 Å². The van der Waals surface area contributed by atoms with Gasteiger partial charge in [-0.25, -0.2) is 0 Å². The molecule has 20 heavy (non-hydrogen) atoms. The van der Waals surface area contributed by atoms with Crippen LogP contribution in [0.1, 0.15) is 53.4 Å². The van der Waals surface area contributed by atoms with Crippen molar-refractivity contribution in [3.63, 3.8) is 0 Å². The number of hydrogen-bond donors (Lipinski definition) is 1. The molecule has 1 aliphatic heterocycles. The zero-order valence-electron chi connectivity index (χ0n) is 13.6. The van der Waals surface area contributed by atoms with E-state index in [1.807, 2.05) is 11.8 Å². The molecule has 1 saturated carbocycles. The zero-order chi connectivity index (χ0) is 14.9. The maximum atomic E-state index is 12.8. The summed E-state index contributed by atoms with van der Waals surface area (Å²) in [6.45, 7) is 8.71. The van der Waals surface area contributed by atoms with Crippen molar-refractivity contribution >= 4 is 17.7 Å². The van der Waals surface area contributed by atoms with E-state index in [1.54, 1.807) is 0 Å². The first kappa shape index (κ1) is 16.2. The van der Waals surface area contributed by atoms with E-state index < -0.39 is 0 Å². The topological polar surface area (TPSA) is 32.3 Å². The van der Waals surface area contributed by atoms with Gasteiger partial charge in [0.2, 0.25) is 5.91 Å².